The van der Waals surface area contributed by atoms with Crippen molar-refractivity contribution in [1.82, 2.24) is 9.97 Å². The number of nitrogens with one attached hydrogen (secondary N) is 1. The predicted octanol–water partition coefficient (Wildman–Crippen LogP) is 3.90. The first-order valence-electron chi connectivity index (χ1n) is 9.11. The molecular weight excluding hydrogens is 410 g/mol. The van der Waals surface area contributed by atoms with Crippen LogP contribution >= 0.6 is 11.8 Å². The number of pyridine rings is 2. The van der Waals surface area contributed by atoms with Gasteiger partial charge in [-0.1, -0.05) is 17.8 Å². The van der Waals surface area contributed by atoms with Crippen LogP contribution in [0.5, 0.6) is 0 Å². The molecule has 1 aliphatic heterocycles. The minimum atomic E-state index is -0.838. The van der Waals surface area contributed by atoms with Crippen molar-refractivity contribution in [2.24, 2.45) is 5.92 Å². The standard InChI is InChI=1S/C21H16F2N4O2S/c22-14-4-5-17(16(23)10-14)27-12-13(9-20(27)28)21(29)26-15-6-8-25-19(11-15)30-18-3-1-2-7-24-18/h1-8,10-11,13H,9,12H2,(H,25,26,29)/t13-/m0/s1. The van der Waals surface area contributed by atoms with E-state index in [1.165, 1.54) is 22.7 Å². The molecule has 6 nitrogen and oxygen atoms in total. The Morgan fingerprint density at radius 1 is 1.07 bits per heavy atom. The number of aromatic nitrogens is 2. The van der Waals surface area contributed by atoms with E-state index < -0.39 is 17.6 Å². The molecule has 3 heterocycles. The van der Waals surface area contributed by atoms with Crippen molar-refractivity contribution in [3.8, 4) is 0 Å². The van der Waals surface area contributed by atoms with Gasteiger partial charge in [0.2, 0.25) is 11.8 Å². The molecular formula is C21H16F2N4O2S. The minimum Gasteiger partial charge on any atom is -0.326 e. The van der Waals surface area contributed by atoms with Crippen LogP contribution in [0.1, 0.15) is 6.42 Å². The van der Waals surface area contributed by atoms with Gasteiger partial charge in [0.1, 0.15) is 21.7 Å². The Morgan fingerprint density at radius 2 is 1.90 bits per heavy atom. The van der Waals surface area contributed by atoms with Gasteiger partial charge < -0.3 is 10.2 Å². The van der Waals surface area contributed by atoms with E-state index in [2.05, 4.69) is 15.3 Å². The van der Waals surface area contributed by atoms with E-state index in [0.717, 1.165) is 11.1 Å². The molecule has 2 amide bonds. The van der Waals surface area contributed by atoms with Crippen LogP contribution in [0.3, 0.4) is 0 Å². The Balaban J connectivity index is 1.43. The molecule has 152 valence electrons. The molecule has 0 spiro atoms. The molecule has 30 heavy (non-hydrogen) atoms. The van der Waals surface area contributed by atoms with Crippen molar-refractivity contribution in [3.05, 3.63) is 72.6 Å². The van der Waals surface area contributed by atoms with Gasteiger partial charge in [0, 0.05) is 37.1 Å². The van der Waals surface area contributed by atoms with Crippen LogP contribution in [0, 0.1) is 17.6 Å². The Morgan fingerprint density at radius 3 is 2.67 bits per heavy atom. The second-order valence-corrected chi connectivity index (χ2v) is 7.68. The highest BCUT2D eigenvalue weighted by Crippen LogP contribution is 2.29. The van der Waals surface area contributed by atoms with E-state index in [-0.39, 0.29) is 30.5 Å². The van der Waals surface area contributed by atoms with Gasteiger partial charge in [-0.3, -0.25) is 9.59 Å². The quantitative estimate of drug-likeness (QED) is 0.670. The number of hydrogen-bond acceptors (Lipinski definition) is 5. The lowest BCUT2D eigenvalue weighted by Gasteiger charge is -2.17. The van der Waals surface area contributed by atoms with Gasteiger partial charge in [0.05, 0.1) is 11.6 Å². The van der Waals surface area contributed by atoms with E-state index in [0.29, 0.717) is 16.8 Å². The molecule has 3 aromatic rings. The number of carbonyl (C=O) groups is 2. The highest BCUT2D eigenvalue weighted by Gasteiger charge is 2.36. The van der Waals surface area contributed by atoms with Crippen molar-refractivity contribution >= 4 is 35.0 Å². The maximum atomic E-state index is 14.0. The van der Waals surface area contributed by atoms with Crippen molar-refractivity contribution in [2.75, 3.05) is 16.8 Å². The van der Waals surface area contributed by atoms with Gasteiger partial charge in [-0.15, -0.1) is 0 Å². The monoisotopic (exact) mass is 426 g/mol. The number of nitrogens with zero attached hydrogens (tertiary/aromatic N) is 3. The van der Waals surface area contributed by atoms with E-state index in [4.69, 9.17) is 0 Å². The van der Waals surface area contributed by atoms with Crippen molar-refractivity contribution in [1.29, 1.82) is 0 Å². The molecule has 1 saturated heterocycles. The smallest absolute Gasteiger partial charge is 0.229 e. The van der Waals surface area contributed by atoms with Gasteiger partial charge in [-0.05, 0) is 36.4 Å². The summed E-state index contributed by atoms with van der Waals surface area (Å²) >= 11 is 1.35. The summed E-state index contributed by atoms with van der Waals surface area (Å²) in [6.07, 6.45) is 3.20. The van der Waals surface area contributed by atoms with Gasteiger partial charge in [0.25, 0.3) is 0 Å². The predicted molar refractivity (Wildman–Crippen MR) is 108 cm³/mol. The third-order valence-electron chi connectivity index (χ3n) is 4.55. The first-order chi connectivity index (χ1) is 14.5. The largest absolute Gasteiger partial charge is 0.326 e. The molecule has 0 saturated carbocycles. The van der Waals surface area contributed by atoms with Gasteiger partial charge >= 0.3 is 0 Å². The SMILES string of the molecule is O=C(Nc1ccnc(Sc2ccccn2)c1)[C@H]1CC(=O)N(c2ccc(F)cc2F)C1. The highest BCUT2D eigenvalue weighted by atomic mass is 32.2. The van der Waals surface area contributed by atoms with E-state index in [1.54, 1.807) is 24.5 Å². The van der Waals surface area contributed by atoms with Crippen molar-refractivity contribution < 1.29 is 18.4 Å². The molecule has 0 radical (unpaired) electrons. The van der Waals surface area contributed by atoms with Crippen LogP contribution in [0.25, 0.3) is 0 Å². The Labute approximate surface area is 175 Å². The number of carbonyl (C=O) groups excluding carboxylic acids is 2. The van der Waals surface area contributed by atoms with E-state index in [9.17, 15) is 18.4 Å². The lowest BCUT2D eigenvalue weighted by Crippen LogP contribution is -2.28. The van der Waals surface area contributed by atoms with Crippen LogP contribution in [-0.4, -0.2) is 28.3 Å². The maximum absolute atomic E-state index is 14.0. The fourth-order valence-electron chi connectivity index (χ4n) is 3.12. The normalized spacial score (nSPS) is 16.0. The number of amides is 2. The fraction of sp³-hybridized carbons (Fsp3) is 0.143. The second-order valence-electron chi connectivity index (χ2n) is 6.64. The summed E-state index contributed by atoms with van der Waals surface area (Å²) in [5.41, 5.74) is 0.502. The number of rotatable bonds is 5. The van der Waals surface area contributed by atoms with Crippen LogP contribution in [0.4, 0.5) is 20.2 Å². The summed E-state index contributed by atoms with van der Waals surface area (Å²) in [7, 11) is 0. The molecule has 4 rings (SSSR count). The fourth-order valence-corrected chi connectivity index (χ4v) is 3.89. The molecule has 0 aliphatic carbocycles. The highest BCUT2D eigenvalue weighted by molar-refractivity contribution is 7.99. The van der Waals surface area contributed by atoms with Crippen LogP contribution < -0.4 is 10.2 Å². The lowest BCUT2D eigenvalue weighted by molar-refractivity contribution is -0.122. The molecule has 0 bridgehead atoms. The summed E-state index contributed by atoms with van der Waals surface area (Å²) in [6, 6.07) is 11.9. The third kappa shape index (κ3) is 4.46. The molecule has 9 heteroatoms. The molecule has 1 atom stereocenters. The summed E-state index contributed by atoms with van der Waals surface area (Å²) in [4.78, 5) is 34.6. The third-order valence-corrected chi connectivity index (χ3v) is 5.43. The maximum Gasteiger partial charge on any atom is 0.229 e. The summed E-state index contributed by atoms with van der Waals surface area (Å²) in [5, 5.41) is 4.21. The Kier molecular flexibility index (Phi) is 5.71. The van der Waals surface area contributed by atoms with Crippen LogP contribution in [0.2, 0.25) is 0 Å². The van der Waals surface area contributed by atoms with Crippen molar-refractivity contribution in [3.63, 3.8) is 0 Å². The van der Waals surface area contributed by atoms with E-state index in [1.807, 2.05) is 18.2 Å². The molecule has 1 fully saturated rings. The average Bonchev–Trinajstić information content (AvgIpc) is 3.11. The zero-order chi connectivity index (χ0) is 21.1. The number of benzene rings is 1. The number of anilines is 2. The number of halogens is 2. The van der Waals surface area contributed by atoms with Gasteiger partial charge in [-0.2, -0.15) is 0 Å². The Hall–Kier alpha value is -3.33. The minimum absolute atomic E-state index is 0.0217. The second kappa shape index (κ2) is 8.58. The molecule has 2 aromatic heterocycles. The summed E-state index contributed by atoms with van der Waals surface area (Å²) < 4.78 is 27.2. The van der Waals surface area contributed by atoms with Gasteiger partial charge in [0.15, 0.2) is 0 Å². The zero-order valence-electron chi connectivity index (χ0n) is 15.6. The molecule has 1 N–H and O–H groups in total. The lowest BCUT2D eigenvalue weighted by atomic mass is 10.1. The van der Waals surface area contributed by atoms with Gasteiger partial charge in [-0.25, -0.2) is 18.7 Å². The van der Waals surface area contributed by atoms with E-state index >= 15 is 0 Å². The average molecular weight is 426 g/mol. The molecule has 0 unspecified atom stereocenters. The zero-order valence-corrected chi connectivity index (χ0v) is 16.4. The van der Waals surface area contributed by atoms with Crippen LogP contribution in [0.15, 0.2) is 71.0 Å². The molecule has 1 aromatic carbocycles. The first kappa shape index (κ1) is 20.0. The summed E-state index contributed by atoms with van der Waals surface area (Å²) in [5.74, 6) is -2.96. The Bertz CT molecular complexity index is 1100. The number of hydrogen-bond donors (Lipinski definition) is 1. The van der Waals surface area contributed by atoms with Crippen molar-refractivity contribution in [2.45, 2.75) is 16.5 Å². The first-order valence-corrected chi connectivity index (χ1v) is 9.92. The summed E-state index contributed by atoms with van der Waals surface area (Å²) in [6.45, 7) is 0.0217. The molecule has 1 aliphatic rings. The topological polar surface area (TPSA) is 75.2 Å². The van der Waals surface area contributed by atoms with Crippen LogP contribution in [-0.2, 0) is 9.59 Å².